The molecule has 2 heterocycles. The van der Waals surface area contributed by atoms with Gasteiger partial charge in [-0.1, -0.05) is 18.2 Å². The molecule has 0 saturated heterocycles. The first-order valence-electron chi connectivity index (χ1n) is 7.42. The minimum absolute atomic E-state index is 0.824. The zero-order chi connectivity index (χ0) is 13.8. The third kappa shape index (κ3) is 3.05. The van der Waals surface area contributed by atoms with Gasteiger partial charge in [0.25, 0.3) is 0 Å². The van der Waals surface area contributed by atoms with Crippen molar-refractivity contribution in [1.82, 2.24) is 5.32 Å². The maximum absolute atomic E-state index is 5.54. The van der Waals surface area contributed by atoms with Crippen molar-refractivity contribution in [1.29, 1.82) is 0 Å². The van der Waals surface area contributed by atoms with Crippen LogP contribution in [0.2, 0.25) is 0 Å². The molecule has 1 aliphatic rings. The van der Waals surface area contributed by atoms with Crippen molar-refractivity contribution in [3.05, 3.63) is 53.5 Å². The van der Waals surface area contributed by atoms with Gasteiger partial charge in [-0.3, -0.25) is 0 Å². The van der Waals surface area contributed by atoms with Crippen molar-refractivity contribution in [3.63, 3.8) is 0 Å². The number of hydrogen-bond acceptors (Lipinski definition) is 3. The molecule has 0 bridgehead atoms. The van der Waals surface area contributed by atoms with E-state index in [4.69, 9.17) is 4.42 Å². The molecule has 0 amide bonds. The van der Waals surface area contributed by atoms with Crippen molar-refractivity contribution in [3.8, 4) is 0 Å². The van der Waals surface area contributed by atoms with E-state index >= 15 is 0 Å². The molecule has 0 aliphatic carbocycles. The van der Waals surface area contributed by atoms with E-state index in [1.165, 1.54) is 17.7 Å². The first-order chi connectivity index (χ1) is 9.83. The lowest BCUT2D eigenvalue weighted by atomic mass is 10.2. The quantitative estimate of drug-likeness (QED) is 0.817. The highest BCUT2D eigenvalue weighted by Crippen LogP contribution is 2.27. The molecule has 20 heavy (non-hydrogen) atoms. The van der Waals surface area contributed by atoms with Crippen LogP contribution < -0.4 is 10.2 Å². The summed E-state index contributed by atoms with van der Waals surface area (Å²) in [6.07, 6.45) is 2.35. The molecule has 3 nitrogen and oxygen atoms in total. The number of anilines is 1. The van der Waals surface area contributed by atoms with Crippen LogP contribution in [0, 0.1) is 6.92 Å². The van der Waals surface area contributed by atoms with E-state index in [-0.39, 0.29) is 0 Å². The Kier molecular flexibility index (Phi) is 4.07. The Labute approximate surface area is 120 Å². The van der Waals surface area contributed by atoms with Crippen molar-refractivity contribution in [2.75, 3.05) is 24.5 Å². The highest BCUT2D eigenvalue weighted by atomic mass is 16.3. The van der Waals surface area contributed by atoms with Crippen LogP contribution in [0.5, 0.6) is 0 Å². The van der Waals surface area contributed by atoms with Gasteiger partial charge >= 0.3 is 0 Å². The maximum atomic E-state index is 5.54. The van der Waals surface area contributed by atoms with Crippen molar-refractivity contribution in [2.45, 2.75) is 26.3 Å². The fraction of sp³-hybridized carbons (Fsp3) is 0.412. The molecule has 0 fully saturated rings. The molecule has 2 aromatic rings. The molecule has 1 N–H and O–H groups in total. The third-order valence-electron chi connectivity index (χ3n) is 3.86. The molecule has 1 aromatic heterocycles. The summed E-state index contributed by atoms with van der Waals surface area (Å²) in [5, 5.41) is 3.44. The summed E-state index contributed by atoms with van der Waals surface area (Å²) >= 11 is 0. The lowest BCUT2D eigenvalue weighted by Gasteiger charge is -2.19. The number of nitrogens with one attached hydrogen (secondary N) is 1. The number of hydrogen-bond donors (Lipinski definition) is 1. The monoisotopic (exact) mass is 270 g/mol. The Hall–Kier alpha value is -1.74. The largest absolute Gasteiger partial charge is 0.465 e. The van der Waals surface area contributed by atoms with E-state index in [1.807, 2.05) is 19.1 Å². The number of nitrogens with zero attached hydrogens (tertiary/aromatic N) is 1. The lowest BCUT2D eigenvalue weighted by molar-refractivity contribution is 0.460. The van der Waals surface area contributed by atoms with E-state index in [0.717, 1.165) is 44.1 Å². The van der Waals surface area contributed by atoms with E-state index in [9.17, 15) is 0 Å². The summed E-state index contributed by atoms with van der Waals surface area (Å²) in [6, 6.07) is 12.8. The predicted molar refractivity (Wildman–Crippen MR) is 82.1 cm³/mol. The first-order valence-corrected chi connectivity index (χ1v) is 7.42. The molecular formula is C17H22N2O. The van der Waals surface area contributed by atoms with Crippen LogP contribution in [-0.2, 0) is 13.0 Å². The van der Waals surface area contributed by atoms with Gasteiger partial charge in [0.05, 0.1) is 6.54 Å². The molecule has 0 radical (unpaired) electrons. The van der Waals surface area contributed by atoms with Crippen LogP contribution in [-0.4, -0.2) is 19.6 Å². The molecule has 106 valence electrons. The topological polar surface area (TPSA) is 28.4 Å². The molecule has 0 spiro atoms. The predicted octanol–water partition coefficient (Wildman–Crippen LogP) is 3.13. The summed E-state index contributed by atoms with van der Waals surface area (Å²) in [4.78, 5) is 2.49. The smallest absolute Gasteiger partial charge is 0.117 e. The SMILES string of the molecule is Cc1ccc(CNCCCN2CCc3ccccc32)o1. The Morgan fingerprint density at radius 2 is 2.10 bits per heavy atom. The minimum atomic E-state index is 0.824. The third-order valence-corrected chi connectivity index (χ3v) is 3.86. The Morgan fingerprint density at radius 3 is 2.95 bits per heavy atom. The second-order valence-corrected chi connectivity index (χ2v) is 5.41. The zero-order valence-electron chi connectivity index (χ0n) is 12.1. The second-order valence-electron chi connectivity index (χ2n) is 5.41. The molecule has 0 unspecified atom stereocenters. The number of aryl methyl sites for hydroxylation is 1. The van der Waals surface area contributed by atoms with Gasteiger partial charge in [-0.15, -0.1) is 0 Å². The average Bonchev–Trinajstić information content (AvgIpc) is 3.05. The summed E-state index contributed by atoms with van der Waals surface area (Å²) in [7, 11) is 0. The van der Waals surface area contributed by atoms with Crippen LogP contribution in [0.3, 0.4) is 0 Å². The molecule has 0 atom stereocenters. The van der Waals surface area contributed by atoms with Gasteiger partial charge in [-0.25, -0.2) is 0 Å². The highest BCUT2D eigenvalue weighted by molar-refractivity contribution is 5.57. The normalized spacial score (nSPS) is 13.8. The van der Waals surface area contributed by atoms with Crippen LogP contribution in [0.25, 0.3) is 0 Å². The Bertz CT molecular complexity index is 562. The molecule has 3 heteroatoms. The Balaban J connectivity index is 1.39. The average molecular weight is 270 g/mol. The standard InChI is InChI=1S/C17H22N2O/c1-14-7-8-16(20-14)13-18-10-4-11-19-12-9-15-5-2-3-6-17(15)19/h2-3,5-8,18H,4,9-13H2,1H3. The van der Waals surface area contributed by atoms with E-state index in [2.05, 4.69) is 34.5 Å². The van der Waals surface area contributed by atoms with Gasteiger partial charge < -0.3 is 14.6 Å². The molecule has 1 aliphatic heterocycles. The van der Waals surface area contributed by atoms with Crippen LogP contribution in [0.4, 0.5) is 5.69 Å². The summed E-state index contributed by atoms with van der Waals surface area (Å²) < 4.78 is 5.54. The van der Waals surface area contributed by atoms with Gasteiger partial charge in [0, 0.05) is 18.8 Å². The molecule has 3 rings (SSSR count). The summed E-state index contributed by atoms with van der Waals surface area (Å²) in [5.74, 6) is 2.00. The number of benzene rings is 1. The highest BCUT2D eigenvalue weighted by Gasteiger charge is 2.17. The van der Waals surface area contributed by atoms with E-state index < -0.39 is 0 Å². The summed E-state index contributed by atoms with van der Waals surface area (Å²) in [5.41, 5.74) is 2.92. The number of para-hydroxylation sites is 1. The molecule has 1 aromatic carbocycles. The van der Waals surface area contributed by atoms with Crippen LogP contribution in [0.15, 0.2) is 40.8 Å². The number of fused-ring (bicyclic) bond motifs is 1. The zero-order valence-corrected chi connectivity index (χ0v) is 12.1. The van der Waals surface area contributed by atoms with Gasteiger partial charge in [-0.05, 0) is 50.1 Å². The minimum Gasteiger partial charge on any atom is -0.465 e. The van der Waals surface area contributed by atoms with Crippen molar-refractivity contribution < 1.29 is 4.42 Å². The fourth-order valence-corrected chi connectivity index (χ4v) is 2.83. The summed E-state index contributed by atoms with van der Waals surface area (Å²) in [6.45, 7) is 6.12. The lowest BCUT2D eigenvalue weighted by Crippen LogP contribution is -2.25. The van der Waals surface area contributed by atoms with Gasteiger partial charge in [0.1, 0.15) is 11.5 Å². The van der Waals surface area contributed by atoms with Crippen LogP contribution >= 0.6 is 0 Å². The number of rotatable bonds is 6. The van der Waals surface area contributed by atoms with E-state index in [1.54, 1.807) is 0 Å². The van der Waals surface area contributed by atoms with Crippen LogP contribution in [0.1, 0.15) is 23.5 Å². The van der Waals surface area contributed by atoms with Gasteiger partial charge in [-0.2, -0.15) is 0 Å². The first kappa shape index (κ1) is 13.3. The Morgan fingerprint density at radius 1 is 1.20 bits per heavy atom. The van der Waals surface area contributed by atoms with Gasteiger partial charge in [0.2, 0.25) is 0 Å². The molecular weight excluding hydrogens is 248 g/mol. The van der Waals surface area contributed by atoms with Crippen molar-refractivity contribution in [2.24, 2.45) is 0 Å². The molecule has 0 saturated carbocycles. The maximum Gasteiger partial charge on any atom is 0.117 e. The second kappa shape index (κ2) is 6.14. The van der Waals surface area contributed by atoms with E-state index in [0.29, 0.717) is 0 Å². The fourth-order valence-electron chi connectivity index (χ4n) is 2.83. The van der Waals surface area contributed by atoms with Gasteiger partial charge in [0.15, 0.2) is 0 Å². The van der Waals surface area contributed by atoms with Crippen molar-refractivity contribution >= 4 is 5.69 Å². The number of furan rings is 1.